The largest absolute Gasteiger partial charge is 0.0879 e. The van der Waals surface area contributed by atoms with Gasteiger partial charge in [0.1, 0.15) is 0 Å². The fourth-order valence-corrected chi connectivity index (χ4v) is 2.55. The molecule has 12 heavy (non-hydrogen) atoms. The van der Waals surface area contributed by atoms with Crippen molar-refractivity contribution in [3.8, 4) is 0 Å². The first-order valence-electron chi connectivity index (χ1n) is 5.00. The zero-order valence-corrected chi connectivity index (χ0v) is 11.9. The molecule has 0 rings (SSSR count). The van der Waals surface area contributed by atoms with Crippen molar-refractivity contribution < 1.29 is 0 Å². The van der Waals surface area contributed by atoms with Gasteiger partial charge in [0, 0.05) is 8.75 Å². The molecule has 0 saturated heterocycles. The van der Waals surface area contributed by atoms with E-state index in [4.69, 9.17) is 0 Å². The Morgan fingerprint density at radius 2 is 1.58 bits per heavy atom. The maximum atomic E-state index is 3.77. The molecule has 0 aliphatic heterocycles. The fourth-order valence-electron chi connectivity index (χ4n) is 1.16. The summed E-state index contributed by atoms with van der Waals surface area (Å²) >= 11 is 6.35. The highest BCUT2D eigenvalue weighted by Crippen LogP contribution is 2.24. The maximum Gasteiger partial charge on any atom is 0.0263 e. The van der Waals surface area contributed by atoms with E-state index in [2.05, 4.69) is 52.4 Å². The molecule has 0 heterocycles. The van der Waals surface area contributed by atoms with Gasteiger partial charge in [-0.1, -0.05) is 78.1 Å². The Hall–Kier alpha value is 1.21. The zero-order chi connectivity index (χ0) is 9.40. The van der Waals surface area contributed by atoms with Crippen LogP contribution in [0.4, 0.5) is 0 Å². The number of hydrogen-bond acceptors (Lipinski definition) is 0. The van der Waals surface area contributed by atoms with Crippen molar-refractivity contribution in [2.24, 2.45) is 0 Å². The van der Waals surface area contributed by atoms with Crippen LogP contribution in [-0.4, -0.2) is 8.75 Å². The first kappa shape index (κ1) is 13.2. The van der Waals surface area contributed by atoms with E-state index in [1.54, 1.807) is 0 Å². The summed E-state index contributed by atoms with van der Waals surface area (Å²) in [5.41, 5.74) is 0. The molecule has 0 radical (unpaired) electrons. The summed E-state index contributed by atoms with van der Waals surface area (Å²) in [6.07, 6.45) is 8.10. The van der Waals surface area contributed by atoms with Gasteiger partial charge >= 0.3 is 0 Å². The Kier molecular flexibility index (Phi) is 9.68. The summed E-state index contributed by atoms with van der Waals surface area (Å²) in [5.74, 6) is 0. The van der Waals surface area contributed by atoms with E-state index in [0.717, 1.165) is 8.75 Å². The molecule has 0 fully saturated rings. The second-order valence-electron chi connectivity index (χ2n) is 3.32. The Bertz CT molecular complexity index is 83.8. The summed E-state index contributed by atoms with van der Waals surface area (Å²) in [5, 5.41) is 0. The monoisotopic (exact) mass is 346 g/mol. The van der Waals surface area contributed by atoms with Crippen LogP contribution in [0.15, 0.2) is 0 Å². The predicted octanol–water partition coefficient (Wildman–Crippen LogP) is 4.93. The molecule has 0 saturated carbocycles. The molecular formula is C10H20BrI. The minimum absolute atomic E-state index is 0.740. The van der Waals surface area contributed by atoms with E-state index < -0.39 is 0 Å². The highest BCUT2D eigenvalue weighted by Gasteiger charge is 2.13. The molecule has 0 aliphatic carbocycles. The van der Waals surface area contributed by atoms with Crippen LogP contribution in [0.2, 0.25) is 0 Å². The normalized spacial score (nSPS) is 16.0. The SMILES string of the molecule is CCCC[C@@H](Br)[C@@H](I)CCCC. The van der Waals surface area contributed by atoms with E-state index in [1.165, 1.54) is 38.5 Å². The van der Waals surface area contributed by atoms with Gasteiger partial charge in [-0.3, -0.25) is 0 Å². The van der Waals surface area contributed by atoms with Crippen LogP contribution >= 0.6 is 38.5 Å². The van der Waals surface area contributed by atoms with Crippen LogP contribution in [0.25, 0.3) is 0 Å². The number of hydrogen-bond donors (Lipinski definition) is 0. The van der Waals surface area contributed by atoms with Gasteiger partial charge in [0.2, 0.25) is 0 Å². The number of alkyl halides is 2. The molecule has 0 aromatic heterocycles. The van der Waals surface area contributed by atoms with E-state index >= 15 is 0 Å². The summed E-state index contributed by atoms with van der Waals surface area (Å²) in [4.78, 5) is 0.740. The van der Waals surface area contributed by atoms with E-state index in [0.29, 0.717) is 0 Å². The topological polar surface area (TPSA) is 0 Å². The van der Waals surface area contributed by atoms with Gasteiger partial charge in [-0.05, 0) is 12.8 Å². The molecular weight excluding hydrogens is 327 g/mol. The summed E-state index contributed by atoms with van der Waals surface area (Å²) < 4.78 is 0.828. The van der Waals surface area contributed by atoms with Gasteiger partial charge in [0.05, 0.1) is 0 Å². The second kappa shape index (κ2) is 8.79. The Labute approximate surface area is 99.2 Å². The van der Waals surface area contributed by atoms with Crippen molar-refractivity contribution in [1.29, 1.82) is 0 Å². The lowest BCUT2D eigenvalue weighted by Crippen LogP contribution is -2.13. The van der Waals surface area contributed by atoms with Gasteiger partial charge in [-0.2, -0.15) is 0 Å². The summed E-state index contributed by atoms with van der Waals surface area (Å²) in [6, 6.07) is 0. The molecule has 0 aromatic carbocycles. The molecule has 0 amide bonds. The van der Waals surface area contributed by atoms with Gasteiger partial charge in [0.15, 0.2) is 0 Å². The van der Waals surface area contributed by atoms with Crippen LogP contribution in [-0.2, 0) is 0 Å². The molecule has 74 valence electrons. The van der Waals surface area contributed by atoms with Crippen molar-refractivity contribution in [1.82, 2.24) is 0 Å². The van der Waals surface area contributed by atoms with Gasteiger partial charge < -0.3 is 0 Å². The average Bonchev–Trinajstić information content (AvgIpc) is 2.10. The second-order valence-corrected chi connectivity index (χ2v) is 6.09. The summed E-state index contributed by atoms with van der Waals surface area (Å²) in [6.45, 7) is 4.52. The standard InChI is InChI=1S/C10H20BrI/c1-3-5-7-9(11)10(12)8-6-4-2/h9-10H,3-8H2,1-2H3/t9-,10+/m1/s1. The molecule has 2 atom stereocenters. The van der Waals surface area contributed by atoms with E-state index in [1.807, 2.05) is 0 Å². The fraction of sp³-hybridized carbons (Fsp3) is 1.00. The van der Waals surface area contributed by atoms with Gasteiger partial charge in [0.25, 0.3) is 0 Å². The van der Waals surface area contributed by atoms with Crippen LogP contribution < -0.4 is 0 Å². The van der Waals surface area contributed by atoms with E-state index in [9.17, 15) is 0 Å². The highest BCUT2D eigenvalue weighted by molar-refractivity contribution is 14.1. The first-order valence-corrected chi connectivity index (χ1v) is 7.16. The lowest BCUT2D eigenvalue weighted by atomic mass is 10.1. The Morgan fingerprint density at radius 3 is 2.08 bits per heavy atom. The molecule has 2 heteroatoms. The third-order valence-electron chi connectivity index (χ3n) is 2.06. The molecule has 0 aromatic rings. The predicted molar refractivity (Wildman–Crippen MR) is 69.6 cm³/mol. The minimum Gasteiger partial charge on any atom is -0.0879 e. The zero-order valence-electron chi connectivity index (χ0n) is 8.15. The van der Waals surface area contributed by atoms with Crippen LogP contribution in [0.1, 0.15) is 52.4 Å². The Morgan fingerprint density at radius 1 is 1.08 bits per heavy atom. The van der Waals surface area contributed by atoms with Crippen molar-refractivity contribution >= 4 is 38.5 Å². The molecule has 0 N–H and O–H groups in total. The van der Waals surface area contributed by atoms with Crippen molar-refractivity contribution in [3.05, 3.63) is 0 Å². The Balaban J connectivity index is 3.39. The highest BCUT2D eigenvalue weighted by atomic mass is 127. The van der Waals surface area contributed by atoms with Crippen LogP contribution in [0.5, 0.6) is 0 Å². The number of unbranched alkanes of at least 4 members (excludes halogenated alkanes) is 2. The lowest BCUT2D eigenvalue weighted by molar-refractivity contribution is 0.627. The summed E-state index contributed by atoms with van der Waals surface area (Å²) in [7, 11) is 0. The van der Waals surface area contributed by atoms with Crippen LogP contribution in [0.3, 0.4) is 0 Å². The van der Waals surface area contributed by atoms with E-state index in [-0.39, 0.29) is 0 Å². The molecule has 0 spiro atoms. The van der Waals surface area contributed by atoms with Gasteiger partial charge in [-0.25, -0.2) is 0 Å². The lowest BCUT2D eigenvalue weighted by Gasteiger charge is -2.15. The third kappa shape index (κ3) is 6.70. The van der Waals surface area contributed by atoms with Crippen molar-refractivity contribution in [3.63, 3.8) is 0 Å². The smallest absolute Gasteiger partial charge is 0.0263 e. The molecule has 0 aliphatic rings. The quantitative estimate of drug-likeness (QED) is 0.452. The number of halogens is 2. The minimum atomic E-state index is 0.740. The van der Waals surface area contributed by atoms with Crippen molar-refractivity contribution in [2.75, 3.05) is 0 Å². The van der Waals surface area contributed by atoms with Gasteiger partial charge in [-0.15, -0.1) is 0 Å². The first-order chi connectivity index (χ1) is 5.72. The third-order valence-corrected chi connectivity index (χ3v) is 5.63. The molecule has 0 nitrogen and oxygen atoms in total. The van der Waals surface area contributed by atoms with Crippen LogP contribution in [0, 0.1) is 0 Å². The average molecular weight is 347 g/mol. The van der Waals surface area contributed by atoms with Crippen molar-refractivity contribution in [2.45, 2.75) is 61.1 Å². The number of rotatable bonds is 7. The molecule has 0 unspecified atom stereocenters. The maximum absolute atomic E-state index is 3.77. The molecule has 0 bridgehead atoms.